The van der Waals surface area contributed by atoms with Gasteiger partial charge in [0.15, 0.2) is 49.6 Å². The summed E-state index contributed by atoms with van der Waals surface area (Å²) in [6, 6.07) is 6.80. The Balaban J connectivity index is 0.894. The van der Waals surface area contributed by atoms with Crippen LogP contribution in [-0.2, 0) is 85.6 Å². The first kappa shape index (κ1) is 79.3. The number of rotatable bonds is 18. The predicted octanol–water partition coefficient (Wildman–Crippen LogP) is -0.343. The maximum atomic E-state index is 16.0. The van der Waals surface area contributed by atoms with E-state index in [0.29, 0.717) is 49.8 Å². The summed E-state index contributed by atoms with van der Waals surface area (Å²) in [5.41, 5.74) is -4.07. The first-order chi connectivity index (χ1) is 48.5. The number of ether oxygens (including phenoxy) is 14. The Kier molecular flexibility index (Phi) is 23.3. The van der Waals surface area contributed by atoms with Crippen LogP contribution in [0, 0.1) is 50.2 Å². The van der Waals surface area contributed by atoms with Crippen LogP contribution in [-0.4, -0.2) is 279 Å². The van der Waals surface area contributed by atoms with Gasteiger partial charge >= 0.3 is 23.9 Å². The lowest BCUT2D eigenvalue weighted by atomic mass is 9.33. The van der Waals surface area contributed by atoms with E-state index in [2.05, 4.69) is 40.7 Å². The highest BCUT2D eigenvalue weighted by atomic mass is 16.8. The quantitative estimate of drug-likeness (QED) is 0.0223. The molecular weight excluding hydrogens is 1360 g/mol. The Labute approximate surface area is 596 Å². The largest absolute Gasteiger partial charge is 0.497 e. The van der Waals surface area contributed by atoms with Crippen LogP contribution < -0.4 is 4.74 Å². The van der Waals surface area contributed by atoms with Gasteiger partial charge in [-0.15, -0.1) is 0 Å². The van der Waals surface area contributed by atoms with Crippen LogP contribution in [0.4, 0.5) is 0 Å². The van der Waals surface area contributed by atoms with Crippen molar-refractivity contribution in [2.75, 3.05) is 27.4 Å². The van der Waals surface area contributed by atoms with Crippen molar-refractivity contribution in [2.45, 2.75) is 280 Å². The fourth-order valence-electron chi connectivity index (χ4n) is 19.1. The van der Waals surface area contributed by atoms with E-state index in [1.165, 1.54) is 27.0 Å². The molecule has 0 unspecified atom stereocenters. The van der Waals surface area contributed by atoms with Crippen molar-refractivity contribution in [1.29, 1.82) is 0 Å². The van der Waals surface area contributed by atoms with E-state index < -0.39 is 241 Å². The highest BCUT2D eigenvalue weighted by Crippen LogP contribution is 2.76. The summed E-state index contributed by atoms with van der Waals surface area (Å²) < 4.78 is 84.4. The zero-order chi connectivity index (χ0) is 75.1. The number of allylic oxidation sites excluding steroid dienone is 2. The van der Waals surface area contributed by atoms with Gasteiger partial charge in [-0.05, 0) is 135 Å². The molecule has 10 aliphatic rings. The van der Waals surface area contributed by atoms with Crippen molar-refractivity contribution in [2.24, 2.45) is 50.2 Å². The van der Waals surface area contributed by atoms with Crippen molar-refractivity contribution in [1.82, 2.24) is 0 Å². The number of aldehydes is 1. The summed E-state index contributed by atoms with van der Waals surface area (Å²) in [6.07, 6.45) is -36.3. The Hall–Kier alpha value is -4.79. The van der Waals surface area contributed by atoms with Gasteiger partial charge in [0, 0.05) is 13.0 Å². The molecule has 12 N–H and O–H groups in total. The Bertz CT molecular complexity index is 3260. The first-order valence-electron chi connectivity index (χ1n) is 35.6. The highest BCUT2D eigenvalue weighted by molar-refractivity contribution is 5.87. The number of methoxy groups -OCH3 is 2. The lowest BCUT2D eigenvalue weighted by Crippen LogP contribution is -2.69. The molecule has 31 nitrogen and oxygen atoms in total. The Morgan fingerprint density at radius 3 is 1.87 bits per heavy atom. The van der Waals surface area contributed by atoms with Crippen molar-refractivity contribution in [3.8, 4) is 5.75 Å². The summed E-state index contributed by atoms with van der Waals surface area (Å²) in [7, 11) is 2.53. The molecule has 9 fully saturated rings. The predicted molar refractivity (Wildman–Crippen MR) is 349 cm³/mol. The van der Waals surface area contributed by atoms with E-state index in [-0.39, 0.29) is 25.2 Å². The van der Waals surface area contributed by atoms with Crippen molar-refractivity contribution in [3.63, 3.8) is 0 Å². The van der Waals surface area contributed by atoms with Crippen molar-refractivity contribution < 1.29 is 152 Å². The number of fused-ring (bicyclic) bond motifs is 7. The molecule has 0 amide bonds. The maximum Gasteiger partial charge on any atom is 0.337 e. The van der Waals surface area contributed by atoms with Crippen LogP contribution in [0.25, 0.3) is 6.08 Å². The molecule has 5 aliphatic carbocycles. The number of carbonyl (C=O) groups is 5. The molecule has 1 aromatic rings. The van der Waals surface area contributed by atoms with Gasteiger partial charge in [-0.2, -0.15) is 0 Å². The van der Waals surface area contributed by atoms with Gasteiger partial charge in [-0.25, -0.2) is 9.59 Å². The van der Waals surface area contributed by atoms with Gasteiger partial charge < -0.3 is 132 Å². The number of esters is 4. The van der Waals surface area contributed by atoms with E-state index in [9.17, 15) is 80.5 Å². The summed E-state index contributed by atoms with van der Waals surface area (Å²) in [5.74, 6) is -4.55. The topological polar surface area (TPSA) is 457 Å². The summed E-state index contributed by atoms with van der Waals surface area (Å²) in [5, 5.41) is 134. The molecule has 4 saturated carbocycles. The summed E-state index contributed by atoms with van der Waals surface area (Å²) in [4.78, 5) is 70.9. The Morgan fingerprint density at radius 2 is 1.23 bits per heavy atom. The molecule has 103 heavy (non-hydrogen) atoms. The van der Waals surface area contributed by atoms with Gasteiger partial charge in [0.25, 0.3) is 0 Å². The molecule has 0 aromatic heterocycles. The van der Waals surface area contributed by atoms with Crippen LogP contribution in [0.15, 0.2) is 42.0 Å². The van der Waals surface area contributed by atoms with Gasteiger partial charge in [-0.1, -0.05) is 65.3 Å². The molecule has 0 bridgehead atoms. The van der Waals surface area contributed by atoms with Gasteiger partial charge in [0.05, 0.1) is 57.3 Å². The number of carbonyl (C=O) groups excluding carboxylic acids is 5. The van der Waals surface area contributed by atoms with E-state index >= 15 is 4.79 Å². The molecule has 578 valence electrons. The fourth-order valence-corrected chi connectivity index (χ4v) is 19.1. The number of aliphatic hydroxyl groups is 12. The molecule has 5 aliphatic heterocycles. The lowest BCUT2D eigenvalue weighted by Gasteiger charge is -2.71. The zero-order valence-corrected chi connectivity index (χ0v) is 59.8. The minimum Gasteiger partial charge on any atom is -0.497 e. The minimum atomic E-state index is -2.09. The second-order valence-corrected chi connectivity index (χ2v) is 31.7. The molecule has 34 atom stereocenters. The summed E-state index contributed by atoms with van der Waals surface area (Å²) in [6.45, 7) is 15.0. The van der Waals surface area contributed by atoms with Gasteiger partial charge in [0.2, 0.25) is 6.29 Å². The molecule has 1 aromatic carbocycles. The highest BCUT2D eigenvalue weighted by Gasteiger charge is 2.73. The third-order valence-electron chi connectivity index (χ3n) is 25.2. The van der Waals surface area contributed by atoms with E-state index in [1.807, 2.05) is 0 Å². The van der Waals surface area contributed by atoms with E-state index in [0.717, 1.165) is 32.0 Å². The summed E-state index contributed by atoms with van der Waals surface area (Å²) >= 11 is 0. The van der Waals surface area contributed by atoms with Crippen LogP contribution in [0.1, 0.15) is 126 Å². The van der Waals surface area contributed by atoms with Gasteiger partial charge in [0.1, 0.15) is 96.8 Å². The van der Waals surface area contributed by atoms with Crippen LogP contribution in [0.5, 0.6) is 5.75 Å². The Morgan fingerprint density at radius 1 is 0.602 bits per heavy atom. The molecule has 5 heterocycles. The van der Waals surface area contributed by atoms with Crippen LogP contribution >= 0.6 is 0 Å². The normalized spacial score (nSPS) is 48.1. The number of hydrogen-bond donors (Lipinski definition) is 12. The molecule has 0 spiro atoms. The molecular formula is C72H104O31. The van der Waals surface area contributed by atoms with Crippen molar-refractivity contribution in [3.05, 3.63) is 47.6 Å². The molecule has 31 heteroatoms. The second kappa shape index (κ2) is 30.3. The average Bonchev–Trinajstić information content (AvgIpc) is 0.669. The SMILES string of the molecule is COC(=O)[C@H]1O[C@H](O[C@H]2CC[C@]3(C)[C@H]4CC=C5[C@@H]6CC(C)(C)CC[C@]6(C(=O)O[C@@H]6O[C@H](C)[C@H](OC(=O)/C=C\c7ccc(OC)cc7)[C@H](OC(C)=O)[C@H]6O[C@@H]6O[C@@H](C)[C@H](O)[C@@H](O)[C@H]6O)[C@H](O)C[C@@]5(C)[C@]4(C)CC[C@H]3[C@@]2(C)C=O)[C@H](O[C@@H]2O[C@H](CO)[C@H](O)[C@H](O)[C@H]2O)[C@@H](O[C@@H]2OC[C@@H](O)[C@H](O)[C@H]2O)[C@@H]1O. The molecule has 5 saturated heterocycles. The number of benzene rings is 1. The van der Waals surface area contributed by atoms with Crippen LogP contribution in [0.2, 0.25) is 0 Å². The smallest absolute Gasteiger partial charge is 0.337 e. The third kappa shape index (κ3) is 14.2. The number of hydrogen-bond acceptors (Lipinski definition) is 31. The zero-order valence-electron chi connectivity index (χ0n) is 59.8. The third-order valence-corrected chi connectivity index (χ3v) is 25.2. The second-order valence-electron chi connectivity index (χ2n) is 31.7. The average molecular weight is 1470 g/mol. The van der Waals surface area contributed by atoms with Gasteiger partial charge in [-0.3, -0.25) is 9.59 Å². The number of aliphatic hydroxyl groups excluding tert-OH is 12. The minimum absolute atomic E-state index is 0.0588. The van der Waals surface area contributed by atoms with Crippen molar-refractivity contribution >= 4 is 36.2 Å². The fraction of sp³-hybridized carbons (Fsp3) is 0.792. The standard InChI is InChI=1S/C72H104O31/c1-31-45(79)48(82)51(85)62(93-31)102-59-57(95-33(3)75)54(98-44(78)19-14-34-12-15-35(90-10)16-13-34)32(2)94-64(59)103-66(89)72-25-24-67(4,5)26-37(72)36-17-18-41-68(6)22-21-43(69(7,30-74)40(68)20-23-70(41,8)71(36,9)27-42(72)77)97-65-58(101-63-52(86)49(83)47(81)39(28-73)96-63)55(53(87)56(100-65)60(88)91-11)99-61-50(84)46(80)38(76)29-92-61/h12-17,19,30-32,37-43,45-59,61-65,73,76-77,79-87H,18,20-29H2,1-11H3/b19-14-/t31-,32+,37-,38+,39+,40+,41+,42+,43-,45-,46-,47-,48+,49-,50+,51+,52+,53-,54-,55-,56-,57-,58+,59+,61-,62-,63-,64-,65-,68-,69+,70+,71+,72+/m0/s1. The van der Waals surface area contributed by atoms with Crippen LogP contribution in [0.3, 0.4) is 0 Å². The lowest BCUT2D eigenvalue weighted by molar-refractivity contribution is -0.391. The van der Waals surface area contributed by atoms with E-state index in [1.54, 1.807) is 31.2 Å². The molecule has 0 radical (unpaired) electrons. The monoisotopic (exact) mass is 1460 g/mol. The maximum absolute atomic E-state index is 16.0. The van der Waals surface area contributed by atoms with E-state index in [4.69, 9.17) is 66.3 Å². The molecule has 11 rings (SSSR count). The first-order valence-corrected chi connectivity index (χ1v) is 35.6.